The van der Waals surface area contributed by atoms with E-state index in [1.165, 1.54) is 7.11 Å². The van der Waals surface area contributed by atoms with E-state index in [-0.39, 0.29) is 17.7 Å². The first-order chi connectivity index (χ1) is 17.9. The zero-order valence-corrected chi connectivity index (χ0v) is 23.0. The van der Waals surface area contributed by atoms with Crippen molar-refractivity contribution in [1.82, 2.24) is 9.47 Å². The van der Waals surface area contributed by atoms with E-state index in [1.807, 2.05) is 65.0 Å². The number of anilines is 1. The lowest BCUT2D eigenvalue weighted by molar-refractivity contribution is 0.0306. The molecular weight excluding hydrogens is 482 g/mol. The van der Waals surface area contributed by atoms with Crippen LogP contribution in [0, 0.1) is 6.92 Å². The molecule has 0 spiro atoms. The molecule has 8 heteroatoms. The minimum Gasteiger partial charge on any atom is -0.465 e. The Hall–Kier alpha value is -4.07. The molecule has 1 atom stereocenters. The first kappa shape index (κ1) is 27.0. The number of aromatic nitrogens is 1. The van der Waals surface area contributed by atoms with Gasteiger partial charge >= 0.3 is 12.1 Å². The molecule has 1 amide bonds. The molecule has 2 heterocycles. The van der Waals surface area contributed by atoms with Gasteiger partial charge in [-0.15, -0.1) is 0 Å². The molecule has 0 bridgehead atoms. The molecule has 0 aliphatic carbocycles. The monoisotopic (exact) mass is 517 g/mol. The molecular formula is C30H35N3O5. The average molecular weight is 518 g/mol. The van der Waals surface area contributed by atoms with Gasteiger partial charge in [-0.05, 0) is 81.0 Å². The maximum atomic E-state index is 13.5. The van der Waals surface area contributed by atoms with Crippen LogP contribution in [-0.4, -0.2) is 47.3 Å². The third kappa shape index (κ3) is 5.44. The summed E-state index contributed by atoms with van der Waals surface area (Å²) in [6.07, 6.45) is 1.58. The van der Waals surface area contributed by atoms with Crippen LogP contribution in [0.3, 0.4) is 0 Å². The van der Waals surface area contributed by atoms with Crippen molar-refractivity contribution >= 4 is 34.1 Å². The predicted octanol–water partition coefficient (Wildman–Crippen LogP) is 5.44. The molecule has 0 fully saturated rings. The summed E-state index contributed by atoms with van der Waals surface area (Å²) >= 11 is 0. The molecule has 200 valence electrons. The normalized spacial score (nSPS) is 14.3. The predicted molar refractivity (Wildman–Crippen MR) is 150 cm³/mol. The summed E-state index contributed by atoms with van der Waals surface area (Å²) in [6.45, 7) is 10.2. The lowest BCUT2D eigenvalue weighted by Gasteiger charge is -2.24. The first-order valence-corrected chi connectivity index (χ1v) is 12.6. The van der Waals surface area contributed by atoms with E-state index in [2.05, 4.69) is 11.4 Å². The Morgan fingerprint density at radius 2 is 1.79 bits per heavy atom. The Morgan fingerprint density at radius 3 is 2.47 bits per heavy atom. The molecule has 3 aromatic rings. The summed E-state index contributed by atoms with van der Waals surface area (Å²) in [5.41, 5.74) is 3.93. The zero-order chi connectivity index (χ0) is 27.8. The molecule has 1 N–H and O–H groups in total. The number of pyridine rings is 1. The fraction of sp³-hybridized carbons (Fsp3) is 0.367. The number of carbonyl (C=O) groups is 2. The number of nitrogens with one attached hydrogen (secondary N) is 1. The van der Waals surface area contributed by atoms with Crippen molar-refractivity contribution in [2.75, 3.05) is 25.5 Å². The van der Waals surface area contributed by atoms with E-state index >= 15 is 0 Å². The van der Waals surface area contributed by atoms with Crippen LogP contribution in [0.1, 0.15) is 60.9 Å². The molecule has 0 saturated heterocycles. The van der Waals surface area contributed by atoms with E-state index in [1.54, 1.807) is 28.6 Å². The minimum atomic E-state index is -0.585. The Labute approximate surface area is 222 Å². The van der Waals surface area contributed by atoms with Gasteiger partial charge in [0.15, 0.2) is 0 Å². The Balaban J connectivity index is 1.73. The molecule has 1 aromatic heterocycles. The standard InChI is InChI=1S/C30H35N3O5/c1-18-14-22(19(2)31-25-11-9-8-10-21(25)28(35)37-7)23-16-26(32(6)27(34)24(23)15-18)20-12-13-33(17-20)29(36)38-30(3,4)5/h8-12,14-16,19,31H,13,17H2,1-7H3. The number of para-hydroxylation sites is 1. The third-order valence-corrected chi connectivity index (χ3v) is 6.60. The lowest BCUT2D eigenvalue weighted by Crippen LogP contribution is -2.35. The van der Waals surface area contributed by atoms with Gasteiger partial charge in [0.1, 0.15) is 5.60 Å². The minimum absolute atomic E-state index is 0.110. The highest BCUT2D eigenvalue weighted by atomic mass is 16.6. The largest absolute Gasteiger partial charge is 0.465 e. The molecule has 1 unspecified atom stereocenters. The van der Waals surface area contributed by atoms with Gasteiger partial charge in [0, 0.05) is 36.4 Å². The van der Waals surface area contributed by atoms with Gasteiger partial charge in [-0.3, -0.25) is 4.79 Å². The van der Waals surface area contributed by atoms with Crippen LogP contribution in [-0.2, 0) is 16.5 Å². The van der Waals surface area contributed by atoms with Gasteiger partial charge in [-0.1, -0.05) is 24.3 Å². The van der Waals surface area contributed by atoms with Crippen molar-refractivity contribution in [3.05, 3.63) is 81.3 Å². The van der Waals surface area contributed by atoms with Crippen molar-refractivity contribution in [3.8, 4) is 0 Å². The number of aryl methyl sites for hydroxylation is 1. The van der Waals surface area contributed by atoms with Crippen molar-refractivity contribution in [3.63, 3.8) is 0 Å². The summed E-state index contributed by atoms with van der Waals surface area (Å²) in [4.78, 5) is 40.1. The second kappa shape index (κ2) is 10.4. The number of esters is 1. The van der Waals surface area contributed by atoms with E-state index in [0.717, 1.165) is 27.8 Å². The van der Waals surface area contributed by atoms with E-state index in [9.17, 15) is 14.4 Å². The second-order valence-corrected chi connectivity index (χ2v) is 10.7. The van der Waals surface area contributed by atoms with E-state index in [4.69, 9.17) is 9.47 Å². The summed E-state index contributed by atoms with van der Waals surface area (Å²) in [7, 11) is 3.11. The molecule has 1 aliphatic heterocycles. The number of amides is 1. The smallest absolute Gasteiger partial charge is 0.410 e. The van der Waals surface area contributed by atoms with Crippen LogP contribution in [0.25, 0.3) is 16.3 Å². The fourth-order valence-electron chi connectivity index (χ4n) is 4.77. The van der Waals surface area contributed by atoms with Crippen LogP contribution in [0.2, 0.25) is 0 Å². The molecule has 1 aliphatic rings. The highest BCUT2D eigenvalue weighted by Crippen LogP contribution is 2.31. The van der Waals surface area contributed by atoms with E-state index < -0.39 is 11.6 Å². The fourth-order valence-corrected chi connectivity index (χ4v) is 4.77. The van der Waals surface area contributed by atoms with Crippen molar-refractivity contribution in [2.45, 2.75) is 46.3 Å². The SMILES string of the molecule is COC(=O)c1ccccc1NC(C)c1cc(C)cc2c(=O)n(C)c(C3=CCN(C(=O)OC(C)(C)C)C3)cc12. The number of methoxy groups -OCH3 is 1. The highest BCUT2D eigenvalue weighted by Gasteiger charge is 2.27. The molecule has 0 radical (unpaired) electrons. The van der Waals surface area contributed by atoms with Crippen LogP contribution >= 0.6 is 0 Å². The average Bonchev–Trinajstić information content (AvgIpc) is 3.35. The summed E-state index contributed by atoms with van der Waals surface area (Å²) in [5.74, 6) is -0.423. The van der Waals surface area contributed by atoms with Crippen LogP contribution < -0.4 is 10.9 Å². The van der Waals surface area contributed by atoms with E-state index in [0.29, 0.717) is 29.7 Å². The molecule has 8 nitrogen and oxygen atoms in total. The number of fused-ring (bicyclic) bond motifs is 1. The number of ether oxygens (including phenoxy) is 2. The van der Waals surface area contributed by atoms with Crippen molar-refractivity contribution < 1.29 is 19.1 Å². The van der Waals surface area contributed by atoms with Gasteiger partial charge in [0.25, 0.3) is 5.56 Å². The number of hydrogen-bond donors (Lipinski definition) is 1. The van der Waals surface area contributed by atoms with Gasteiger partial charge in [0.2, 0.25) is 0 Å². The van der Waals surface area contributed by atoms with Crippen LogP contribution in [0.5, 0.6) is 0 Å². The van der Waals surface area contributed by atoms with Crippen molar-refractivity contribution in [1.29, 1.82) is 0 Å². The highest BCUT2D eigenvalue weighted by molar-refractivity contribution is 5.96. The maximum absolute atomic E-state index is 13.5. The van der Waals surface area contributed by atoms with Gasteiger partial charge in [-0.2, -0.15) is 0 Å². The molecule has 38 heavy (non-hydrogen) atoms. The first-order valence-electron chi connectivity index (χ1n) is 12.6. The Morgan fingerprint density at radius 1 is 1.08 bits per heavy atom. The van der Waals surface area contributed by atoms with Gasteiger partial charge in [0.05, 0.1) is 19.2 Å². The van der Waals surface area contributed by atoms with Crippen LogP contribution in [0.4, 0.5) is 10.5 Å². The Bertz CT molecular complexity index is 1500. The number of hydrogen-bond acceptors (Lipinski definition) is 6. The number of rotatable bonds is 5. The molecule has 4 rings (SSSR count). The Kier molecular flexibility index (Phi) is 7.35. The zero-order valence-electron chi connectivity index (χ0n) is 23.0. The van der Waals surface area contributed by atoms with Gasteiger partial charge < -0.3 is 24.3 Å². The number of carbonyl (C=O) groups excluding carboxylic acids is 2. The number of nitrogens with zero attached hydrogens (tertiary/aromatic N) is 2. The summed E-state index contributed by atoms with van der Waals surface area (Å²) in [6, 6.07) is 12.9. The van der Waals surface area contributed by atoms with Crippen LogP contribution in [0.15, 0.2) is 53.3 Å². The second-order valence-electron chi connectivity index (χ2n) is 10.7. The third-order valence-electron chi connectivity index (χ3n) is 6.60. The maximum Gasteiger partial charge on any atom is 0.410 e. The topological polar surface area (TPSA) is 89.9 Å². The molecule has 0 saturated carbocycles. The summed E-state index contributed by atoms with van der Waals surface area (Å²) in [5, 5.41) is 4.87. The van der Waals surface area contributed by atoms with Gasteiger partial charge in [-0.25, -0.2) is 9.59 Å². The molecule has 2 aromatic carbocycles. The lowest BCUT2D eigenvalue weighted by atomic mass is 9.95. The summed E-state index contributed by atoms with van der Waals surface area (Å²) < 4.78 is 12.1. The quantitative estimate of drug-likeness (QED) is 0.453. The van der Waals surface area contributed by atoms with Crippen molar-refractivity contribution in [2.24, 2.45) is 7.05 Å². The number of benzene rings is 2.